The van der Waals surface area contributed by atoms with Crippen molar-refractivity contribution in [2.45, 2.75) is 6.18 Å². The van der Waals surface area contributed by atoms with Crippen LogP contribution in [0, 0.1) is 15.9 Å². The van der Waals surface area contributed by atoms with Crippen molar-refractivity contribution in [2.24, 2.45) is 0 Å². The summed E-state index contributed by atoms with van der Waals surface area (Å²) >= 11 is 10.5. The molecule has 2 N–H and O–H groups in total. The molecule has 0 radical (unpaired) electrons. The molecule has 2 aromatic carbocycles. The molecule has 0 heterocycles. The second-order valence-corrected chi connectivity index (χ2v) is 5.51. The van der Waals surface area contributed by atoms with Gasteiger partial charge in [-0.25, -0.2) is 4.39 Å². The Morgan fingerprint density at radius 2 is 1.84 bits per heavy atom. The molecule has 0 unspecified atom stereocenters. The number of thiocarbonyl (C=S) groups is 1. The average Bonchev–Trinajstić information content (AvgIpc) is 2.50. The topological polar surface area (TPSA) is 67.2 Å². The molecule has 2 aromatic rings. The highest BCUT2D eigenvalue weighted by molar-refractivity contribution is 7.80. The van der Waals surface area contributed by atoms with Gasteiger partial charge in [-0.15, -0.1) is 0 Å². The Morgan fingerprint density at radius 1 is 1.16 bits per heavy atom. The zero-order valence-corrected chi connectivity index (χ0v) is 13.6. The molecule has 0 aliphatic heterocycles. The zero-order valence-electron chi connectivity index (χ0n) is 12.0. The molecule has 0 saturated heterocycles. The number of alkyl halides is 3. The first-order valence-electron chi connectivity index (χ1n) is 6.46. The minimum absolute atomic E-state index is 0.195. The number of benzene rings is 2. The molecule has 0 fully saturated rings. The highest BCUT2D eigenvalue weighted by Gasteiger charge is 2.35. The van der Waals surface area contributed by atoms with Crippen LogP contribution in [0.25, 0.3) is 0 Å². The maximum absolute atomic E-state index is 13.1. The van der Waals surface area contributed by atoms with E-state index < -0.39 is 33.9 Å². The van der Waals surface area contributed by atoms with Crippen LogP contribution in [-0.4, -0.2) is 10.0 Å². The Hall–Kier alpha value is -2.46. The van der Waals surface area contributed by atoms with Gasteiger partial charge in [0.25, 0.3) is 5.69 Å². The first-order valence-corrected chi connectivity index (χ1v) is 7.25. The van der Waals surface area contributed by atoms with Crippen LogP contribution < -0.4 is 10.6 Å². The van der Waals surface area contributed by atoms with Gasteiger partial charge in [-0.3, -0.25) is 10.1 Å². The lowest BCUT2D eigenvalue weighted by atomic mass is 10.1. The Kier molecular flexibility index (Phi) is 5.43. The maximum Gasteiger partial charge on any atom is 0.418 e. The van der Waals surface area contributed by atoms with Crippen LogP contribution in [0.1, 0.15) is 5.56 Å². The van der Waals surface area contributed by atoms with Gasteiger partial charge in [0.15, 0.2) is 5.11 Å². The van der Waals surface area contributed by atoms with E-state index in [9.17, 15) is 27.7 Å². The van der Waals surface area contributed by atoms with E-state index in [1.807, 2.05) is 0 Å². The summed E-state index contributed by atoms with van der Waals surface area (Å²) in [5.41, 5.74) is -2.17. The normalized spacial score (nSPS) is 11.1. The molecular weight excluding hydrogens is 386 g/mol. The van der Waals surface area contributed by atoms with Gasteiger partial charge >= 0.3 is 6.18 Å². The van der Waals surface area contributed by atoms with Crippen molar-refractivity contribution in [3.05, 3.63) is 62.9 Å². The summed E-state index contributed by atoms with van der Waals surface area (Å²) in [5, 5.41) is 15.1. The van der Waals surface area contributed by atoms with Crippen molar-refractivity contribution < 1.29 is 22.5 Å². The second kappa shape index (κ2) is 7.19. The van der Waals surface area contributed by atoms with Crippen LogP contribution in [0.15, 0.2) is 36.4 Å². The fourth-order valence-corrected chi connectivity index (χ4v) is 2.26. The summed E-state index contributed by atoms with van der Waals surface area (Å²) in [7, 11) is 0. The molecule has 2 rings (SSSR count). The van der Waals surface area contributed by atoms with Crippen LogP contribution in [0.2, 0.25) is 5.02 Å². The third-order valence-electron chi connectivity index (χ3n) is 2.95. The lowest BCUT2D eigenvalue weighted by molar-refractivity contribution is -0.385. The first-order chi connectivity index (χ1) is 11.6. The van der Waals surface area contributed by atoms with Crippen LogP contribution in [0.4, 0.5) is 34.6 Å². The third kappa shape index (κ3) is 4.77. The predicted molar refractivity (Wildman–Crippen MR) is 89.4 cm³/mol. The summed E-state index contributed by atoms with van der Waals surface area (Å²) in [6, 6.07) is 5.75. The Balaban J connectivity index is 2.25. The second-order valence-electron chi connectivity index (χ2n) is 4.69. The molecule has 0 saturated carbocycles. The third-order valence-corrected chi connectivity index (χ3v) is 3.44. The first kappa shape index (κ1) is 18.9. The van der Waals surface area contributed by atoms with E-state index in [-0.39, 0.29) is 15.8 Å². The fourth-order valence-electron chi connectivity index (χ4n) is 1.85. The minimum atomic E-state index is -4.83. The smallest absolute Gasteiger partial charge is 0.332 e. The fraction of sp³-hybridized carbons (Fsp3) is 0.0714. The number of hydrogen-bond acceptors (Lipinski definition) is 3. The SMILES string of the molecule is O=[N+]([O-])c1ccc(NC(=S)Nc2ccc(F)c(Cl)c2)c(C(F)(F)F)c1. The highest BCUT2D eigenvalue weighted by atomic mass is 35.5. The Morgan fingerprint density at radius 3 is 2.40 bits per heavy atom. The van der Waals surface area contributed by atoms with Gasteiger partial charge in [0.2, 0.25) is 0 Å². The molecule has 0 aromatic heterocycles. The molecular formula is C14H8ClF4N3O2S. The van der Waals surface area contributed by atoms with Crippen LogP contribution >= 0.6 is 23.8 Å². The summed E-state index contributed by atoms with van der Waals surface area (Å²) in [4.78, 5) is 9.72. The van der Waals surface area contributed by atoms with Crippen LogP contribution in [-0.2, 0) is 6.18 Å². The van der Waals surface area contributed by atoms with E-state index in [1.165, 1.54) is 12.1 Å². The van der Waals surface area contributed by atoms with Crippen LogP contribution in [0.5, 0.6) is 0 Å². The summed E-state index contributed by atoms with van der Waals surface area (Å²) < 4.78 is 52.3. The van der Waals surface area contributed by atoms with Crippen LogP contribution in [0.3, 0.4) is 0 Å². The van der Waals surface area contributed by atoms with Crippen molar-refractivity contribution in [1.82, 2.24) is 0 Å². The van der Waals surface area contributed by atoms with Gasteiger partial charge in [0.05, 0.1) is 21.2 Å². The summed E-state index contributed by atoms with van der Waals surface area (Å²) in [6.07, 6.45) is -4.83. The number of nitro benzene ring substituents is 1. The van der Waals surface area contributed by atoms with E-state index >= 15 is 0 Å². The van der Waals surface area contributed by atoms with Gasteiger partial charge < -0.3 is 10.6 Å². The molecule has 11 heteroatoms. The number of nitro groups is 1. The average molecular weight is 394 g/mol. The highest BCUT2D eigenvalue weighted by Crippen LogP contribution is 2.37. The largest absolute Gasteiger partial charge is 0.418 e. The van der Waals surface area contributed by atoms with Gasteiger partial charge in [-0.1, -0.05) is 11.6 Å². The van der Waals surface area contributed by atoms with Crippen molar-refractivity contribution in [3.8, 4) is 0 Å². The quantitative estimate of drug-likeness (QED) is 0.324. The number of non-ortho nitro benzene ring substituents is 1. The molecule has 0 amide bonds. The number of anilines is 2. The van der Waals surface area contributed by atoms with E-state index in [1.54, 1.807) is 0 Å². The maximum atomic E-state index is 13.1. The number of halogens is 5. The van der Waals surface area contributed by atoms with Crippen molar-refractivity contribution in [2.75, 3.05) is 10.6 Å². The number of hydrogen-bond donors (Lipinski definition) is 2. The molecule has 0 bridgehead atoms. The van der Waals surface area contributed by atoms with Gasteiger partial charge in [0, 0.05) is 17.8 Å². The predicted octanol–water partition coefficient (Wildman–Crippen LogP) is 5.22. The standard InChI is InChI=1S/C14H8ClF4N3O2S/c15-10-5-7(1-3-11(10)16)20-13(25)21-12-4-2-8(22(23)24)6-9(12)14(17,18)19/h1-6H,(H2,20,21,25). The van der Waals surface area contributed by atoms with E-state index in [4.69, 9.17) is 23.8 Å². The van der Waals surface area contributed by atoms with E-state index in [0.29, 0.717) is 6.07 Å². The summed E-state index contributed by atoms with van der Waals surface area (Å²) in [5.74, 6) is -0.666. The van der Waals surface area contributed by atoms with Crippen molar-refractivity contribution >= 4 is 46.0 Å². The minimum Gasteiger partial charge on any atom is -0.332 e. The summed E-state index contributed by atoms with van der Waals surface area (Å²) in [6.45, 7) is 0. The zero-order chi connectivity index (χ0) is 18.8. The van der Waals surface area contributed by atoms with Gasteiger partial charge in [-0.05, 0) is 36.5 Å². The molecule has 0 atom stereocenters. The Labute approximate surface area is 148 Å². The van der Waals surface area contributed by atoms with Crippen molar-refractivity contribution in [1.29, 1.82) is 0 Å². The lowest BCUT2D eigenvalue weighted by Gasteiger charge is -2.16. The molecule has 0 aliphatic rings. The number of rotatable bonds is 3. The van der Waals surface area contributed by atoms with Gasteiger partial charge in [0.1, 0.15) is 5.82 Å². The molecule has 0 spiro atoms. The molecule has 5 nitrogen and oxygen atoms in total. The monoisotopic (exact) mass is 393 g/mol. The molecule has 132 valence electrons. The van der Waals surface area contributed by atoms with Crippen molar-refractivity contribution in [3.63, 3.8) is 0 Å². The Bertz CT molecular complexity index is 845. The lowest BCUT2D eigenvalue weighted by Crippen LogP contribution is -2.21. The molecule has 25 heavy (non-hydrogen) atoms. The number of nitrogens with one attached hydrogen (secondary N) is 2. The molecule has 0 aliphatic carbocycles. The van der Waals surface area contributed by atoms with Gasteiger partial charge in [-0.2, -0.15) is 13.2 Å². The van der Waals surface area contributed by atoms with E-state index in [2.05, 4.69) is 10.6 Å². The van der Waals surface area contributed by atoms with E-state index in [0.717, 1.165) is 18.2 Å². The number of nitrogens with zero attached hydrogens (tertiary/aromatic N) is 1.